The zero-order chi connectivity index (χ0) is 12.3. The van der Waals surface area contributed by atoms with Gasteiger partial charge in [-0.05, 0) is 25.0 Å². The Hall–Kier alpha value is -1.45. The first kappa shape index (κ1) is 12.0. The maximum atomic E-state index is 12.6. The number of halogens is 2. The highest BCUT2D eigenvalue weighted by Crippen LogP contribution is 2.23. The minimum absolute atomic E-state index is 0.143. The van der Waals surface area contributed by atoms with Crippen LogP contribution in [0.5, 0.6) is 0 Å². The molecule has 1 aliphatic rings. The minimum atomic E-state index is -2.33. The summed E-state index contributed by atoms with van der Waals surface area (Å²) >= 11 is 0. The smallest absolute Gasteiger partial charge is 0.253 e. The Morgan fingerprint density at radius 1 is 1.29 bits per heavy atom. The Labute approximate surface area is 99.2 Å². The van der Waals surface area contributed by atoms with Crippen LogP contribution in [0.25, 0.3) is 0 Å². The van der Waals surface area contributed by atoms with Gasteiger partial charge in [0.1, 0.15) is 0 Å². The third-order valence-electron chi connectivity index (χ3n) is 3.12. The van der Waals surface area contributed by atoms with Crippen LogP contribution in [0.4, 0.5) is 8.78 Å². The van der Waals surface area contributed by atoms with Crippen molar-refractivity contribution in [3.8, 4) is 0 Å². The zero-order valence-electron chi connectivity index (χ0n) is 9.48. The first-order chi connectivity index (χ1) is 8.18. The summed E-state index contributed by atoms with van der Waals surface area (Å²) in [5.74, 6) is -0.813. The van der Waals surface area contributed by atoms with E-state index in [2.05, 4.69) is 0 Å². The standard InChI is InChI=1S/C13H15F2NO/c14-12(15)11-7-4-8-16(9-11)13(17)10-5-2-1-3-6-10/h1-3,5-6,11-12H,4,7-9H2. The molecule has 1 fully saturated rings. The number of carbonyl (C=O) groups excluding carboxylic acids is 1. The number of rotatable bonds is 2. The normalized spacial score (nSPS) is 20.6. The maximum Gasteiger partial charge on any atom is 0.253 e. The molecule has 1 aromatic carbocycles. The van der Waals surface area contributed by atoms with Crippen molar-refractivity contribution in [3.05, 3.63) is 35.9 Å². The fourth-order valence-corrected chi connectivity index (χ4v) is 2.16. The molecular weight excluding hydrogens is 224 g/mol. The van der Waals surface area contributed by atoms with Crippen molar-refractivity contribution in [3.63, 3.8) is 0 Å². The molecule has 92 valence electrons. The van der Waals surface area contributed by atoms with Crippen LogP contribution in [0.15, 0.2) is 30.3 Å². The Morgan fingerprint density at radius 2 is 2.00 bits per heavy atom. The van der Waals surface area contributed by atoms with Crippen molar-refractivity contribution in [2.75, 3.05) is 13.1 Å². The quantitative estimate of drug-likeness (QED) is 0.777. The fourth-order valence-electron chi connectivity index (χ4n) is 2.16. The zero-order valence-corrected chi connectivity index (χ0v) is 9.48. The van der Waals surface area contributed by atoms with Gasteiger partial charge in [-0.1, -0.05) is 18.2 Å². The van der Waals surface area contributed by atoms with Gasteiger partial charge in [0.25, 0.3) is 5.91 Å². The highest BCUT2D eigenvalue weighted by atomic mass is 19.3. The Bertz CT molecular complexity index is 380. The van der Waals surface area contributed by atoms with E-state index in [-0.39, 0.29) is 12.5 Å². The van der Waals surface area contributed by atoms with Crippen LogP contribution in [0.3, 0.4) is 0 Å². The second kappa shape index (κ2) is 5.25. The predicted octanol–water partition coefficient (Wildman–Crippen LogP) is 2.80. The lowest BCUT2D eigenvalue weighted by molar-refractivity contribution is 0.0253. The molecule has 0 aromatic heterocycles. The number of likely N-dealkylation sites (tertiary alicyclic amines) is 1. The molecule has 0 saturated carbocycles. The SMILES string of the molecule is O=C(c1ccccc1)N1CCCC(C(F)F)C1. The van der Waals surface area contributed by atoms with Crippen molar-refractivity contribution in [1.29, 1.82) is 0 Å². The van der Waals surface area contributed by atoms with E-state index in [0.29, 0.717) is 24.9 Å². The molecule has 0 bridgehead atoms. The van der Waals surface area contributed by atoms with Crippen LogP contribution in [0, 0.1) is 5.92 Å². The van der Waals surface area contributed by atoms with Crippen LogP contribution in [-0.4, -0.2) is 30.3 Å². The van der Waals surface area contributed by atoms with Gasteiger partial charge >= 0.3 is 0 Å². The summed E-state index contributed by atoms with van der Waals surface area (Å²) in [5.41, 5.74) is 0.572. The van der Waals surface area contributed by atoms with Crippen LogP contribution < -0.4 is 0 Å². The number of piperidine rings is 1. The second-order valence-corrected chi connectivity index (χ2v) is 4.35. The number of hydrogen-bond acceptors (Lipinski definition) is 1. The molecule has 0 spiro atoms. The summed E-state index contributed by atoms with van der Waals surface area (Å²) in [7, 11) is 0. The molecule has 0 radical (unpaired) electrons. The topological polar surface area (TPSA) is 20.3 Å². The van der Waals surface area contributed by atoms with Crippen molar-refractivity contribution in [1.82, 2.24) is 4.90 Å². The van der Waals surface area contributed by atoms with Gasteiger partial charge in [0.15, 0.2) is 0 Å². The number of alkyl halides is 2. The summed E-state index contributed by atoms with van der Waals surface area (Å²) in [4.78, 5) is 13.6. The molecule has 2 rings (SSSR count). The van der Waals surface area contributed by atoms with Gasteiger partial charge in [0.2, 0.25) is 6.43 Å². The largest absolute Gasteiger partial charge is 0.338 e. The molecule has 0 aliphatic carbocycles. The number of amides is 1. The highest BCUT2D eigenvalue weighted by molar-refractivity contribution is 5.94. The average Bonchev–Trinajstić information content (AvgIpc) is 2.39. The third kappa shape index (κ3) is 2.81. The molecule has 1 atom stereocenters. The maximum absolute atomic E-state index is 12.6. The van der Waals surface area contributed by atoms with Gasteiger partial charge in [0, 0.05) is 24.6 Å². The highest BCUT2D eigenvalue weighted by Gasteiger charge is 2.29. The van der Waals surface area contributed by atoms with Crippen molar-refractivity contribution < 1.29 is 13.6 Å². The first-order valence-corrected chi connectivity index (χ1v) is 5.81. The summed E-state index contributed by atoms with van der Waals surface area (Å²) < 4.78 is 25.2. The number of hydrogen-bond donors (Lipinski definition) is 0. The molecule has 4 heteroatoms. The van der Waals surface area contributed by atoms with E-state index in [9.17, 15) is 13.6 Å². The van der Waals surface area contributed by atoms with Gasteiger partial charge in [0.05, 0.1) is 0 Å². The summed E-state index contributed by atoms with van der Waals surface area (Å²) in [6, 6.07) is 8.82. The van der Waals surface area contributed by atoms with E-state index in [4.69, 9.17) is 0 Å². The lowest BCUT2D eigenvalue weighted by Crippen LogP contribution is -2.41. The lowest BCUT2D eigenvalue weighted by atomic mass is 9.98. The van der Waals surface area contributed by atoms with Crippen molar-refractivity contribution in [2.45, 2.75) is 19.3 Å². The van der Waals surface area contributed by atoms with Gasteiger partial charge < -0.3 is 4.90 Å². The molecule has 0 N–H and O–H groups in total. The van der Waals surface area contributed by atoms with Gasteiger partial charge in [-0.3, -0.25) is 4.79 Å². The lowest BCUT2D eigenvalue weighted by Gasteiger charge is -2.32. The molecule has 1 heterocycles. The Kier molecular flexibility index (Phi) is 3.71. The van der Waals surface area contributed by atoms with Crippen LogP contribution in [-0.2, 0) is 0 Å². The molecule has 1 amide bonds. The average molecular weight is 239 g/mol. The van der Waals surface area contributed by atoms with Crippen LogP contribution in [0.1, 0.15) is 23.2 Å². The number of carbonyl (C=O) groups is 1. The van der Waals surface area contributed by atoms with Gasteiger partial charge in [-0.15, -0.1) is 0 Å². The predicted molar refractivity (Wildman–Crippen MR) is 61.1 cm³/mol. The minimum Gasteiger partial charge on any atom is -0.338 e. The molecule has 1 aliphatic heterocycles. The Morgan fingerprint density at radius 3 is 2.65 bits per heavy atom. The summed E-state index contributed by atoms with van der Waals surface area (Å²) in [5, 5.41) is 0. The fraction of sp³-hybridized carbons (Fsp3) is 0.462. The number of benzene rings is 1. The Balaban J connectivity index is 2.05. The van der Waals surface area contributed by atoms with Crippen molar-refractivity contribution in [2.24, 2.45) is 5.92 Å². The molecule has 17 heavy (non-hydrogen) atoms. The summed E-state index contributed by atoms with van der Waals surface area (Å²) in [6.45, 7) is 0.752. The van der Waals surface area contributed by atoms with E-state index >= 15 is 0 Å². The van der Waals surface area contributed by atoms with Gasteiger partial charge in [-0.2, -0.15) is 0 Å². The van der Waals surface area contributed by atoms with E-state index in [1.165, 1.54) is 4.90 Å². The monoisotopic (exact) mass is 239 g/mol. The van der Waals surface area contributed by atoms with E-state index < -0.39 is 12.3 Å². The van der Waals surface area contributed by atoms with E-state index in [1.807, 2.05) is 6.07 Å². The molecular formula is C13H15F2NO. The first-order valence-electron chi connectivity index (χ1n) is 5.81. The summed E-state index contributed by atoms with van der Waals surface area (Å²) in [6.07, 6.45) is -1.16. The van der Waals surface area contributed by atoms with Crippen LogP contribution in [0.2, 0.25) is 0 Å². The van der Waals surface area contributed by atoms with Crippen molar-refractivity contribution >= 4 is 5.91 Å². The second-order valence-electron chi connectivity index (χ2n) is 4.35. The van der Waals surface area contributed by atoms with E-state index in [0.717, 1.165) is 0 Å². The van der Waals surface area contributed by atoms with Crippen LogP contribution >= 0.6 is 0 Å². The third-order valence-corrected chi connectivity index (χ3v) is 3.12. The molecule has 1 aromatic rings. The molecule has 1 saturated heterocycles. The number of nitrogens with zero attached hydrogens (tertiary/aromatic N) is 1. The van der Waals surface area contributed by atoms with Gasteiger partial charge in [-0.25, -0.2) is 8.78 Å². The molecule has 2 nitrogen and oxygen atoms in total. The molecule has 1 unspecified atom stereocenters. The van der Waals surface area contributed by atoms with E-state index in [1.54, 1.807) is 24.3 Å².